The number of hydrogen-bond donors (Lipinski definition) is 2. The zero-order valence-electron chi connectivity index (χ0n) is 11.8. The summed E-state index contributed by atoms with van der Waals surface area (Å²) in [6.07, 6.45) is 0. The monoisotopic (exact) mass is 322 g/mol. The lowest BCUT2D eigenvalue weighted by Gasteiger charge is -2.13. The molecule has 0 fully saturated rings. The zero-order chi connectivity index (χ0) is 15.4. The van der Waals surface area contributed by atoms with Gasteiger partial charge >= 0.3 is 0 Å². The second-order valence-corrected chi connectivity index (χ2v) is 5.48. The van der Waals surface area contributed by atoms with Crippen LogP contribution in [0.1, 0.15) is 21.5 Å². The van der Waals surface area contributed by atoms with Crippen LogP contribution in [-0.2, 0) is 6.54 Å². The van der Waals surface area contributed by atoms with Gasteiger partial charge in [0.15, 0.2) is 0 Å². The van der Waals surface area contributed by atoms with Crippen molar-refractivity contribution in [2.24, 2.45) is 0 Å². The Kier molecular flexibility index (Phi) is 5.10. The standard InChI is InChI=1S/C16H16Cl2N2O/c1-10-8-11(16(21)19-2)6-7-15(10)20-9-12-13(17)4-3-5-14(12)18/h3-8,20H,9H2,1-2H3,(H,19,21). The predicted molar refractivity (Wildman–Crippen MR) is 88.4 cm³/mol. The van der Waals surface area contributed by atoms with Crippen LogP contribution in [0.25, 0.3) is 0 Å². The number of rotatable bonds is 4. The van der Waals surface area contributed by atoms with Crippen LogP contribution in [0, 0.1) is 6.92 Å². The number of carbonyl (C=O) groups is 1. The van der Waals surface area contributed by atoms with Crippen LogP contribution in [0.5, 0.6) is 0 Å². The molecular weight excluding hydrogens is 307 g/mol. The van der Waals surface area contributed by atoms with E-state index in [0.717, 1.165) is 16.8 Å². The highest BCUT2D eigenvalue weighted by molar-refractivity contribution is 6.36. The van der Waals surface area contributed by atoms with Crippen molar-refractivity contribution in [3.63, 3.8) is 0 Å². The van der Waals surface area contributed by atoms with Crippen molar-refractivity contribution in [3.8, 4) is 0 Å². The average Bonchev–Trinajstić information content (AvgIpc) is 2.47. The van der Waals surface area contributed by atoms with Crippen LogP contribution in [0.3, 0.4) is 0 Å². The summed E-state index contributed by atoms with van der Waals surface area (Å²) in [6.45, 7) is 2.47. The molecule has 0 unspecified atom stereocenters. The number of carbonyl (C=O) groups excluding carboxylic acids is 1. The summed E-state index contributed by atoms with van der Waals surface area (Å²) in [5.74, 6) is -0.0983. The highest BCUT2D eigenvalue weighted by atomic mass is 35.5. The van der Waals surface area contributed by atoms with E-state index in [4.69, 9.17) is 23.2 Å². The molecule has 0 atom stereocenters. The van der Waals surface area contributed by atoms with Gasteiger partial charge in [-0.2, -0.15) is 0 Å². The van der Waals surface area contributed by atoms with E-state index in [9.17, 15) is 4.79 Å². The van der Waals surface area contributed by atoms with Gasteiger partial charge in [-0.25, -0.2) is 0 Å². The normalized spacial score (nSPS) is 10.3. The van der Waals surface area contributed by atoms with Crippen molar-refractivity contribution < 1.29 is 4.79 Å². The quantitative estimate of drug-likeness (QED) is 0.882. The molecule has 0 spiro atoms. The molecule has 0 aromatic heterocycles. The van der Waals surface area contributed by atoms with Gasteiger partial charge in [-0.15, -0.1) is 0 Å². The van der Waals surface area contributed by atoms with Crippen molar-refractivity contribution in [1.82, 2.24) is 5.32 Å². The summed E-state index contributed by atoms with van der Waals surface area (Å²) < 4.78 is 0. The first-order valence-electron chi connectivity index (χ1n) is 6.52. The molecule has 2 rings (SSSR count). The fourth-order valence-electron chi connectivity index (χ4n) is 2.03. The molecule has 0 aliphatic carbocycles. The van der Waals surface area contributed by atoms with Gasteiger partial charge in [-0.05, 0) is 42.8 Å². The highest BCUT2D eigenvalue weighted by Crippen LogP contribution is 2.26. The molecule has 0 radical (unpaired) electrons. The maximum absolute atomic E-state index is 11.6. The van der Waals surface area contributed by atoms with Crippen LogP contribution in [0.2, 0.25) is 10.0 Å². The van der Waals surface area contributed by atoms with Crippen molar-refractivity contribution in [1.29, 1.82) is 0 Å². The van der Waals surface area contributed by atoms with Crippen LogP contribution in [0.15, 0.2) is 36.4 Å². The summed E-state index contributed by atoms with van der Waals surface area (Å²) in [5.41, 5.74) is 3.42. The molecule has 2 N–H and O–H groups in total. The van der Waals surface area contributed by atoms with Gasteiger partial charge in [0.25, 0.3) is 5.91 Å². The first-order chi connectivity index (χ1) is 10.0. The lowest BCUT2D eigenvalue weighted by Crippen LogP contribution is -2.17. The van der Waals surface area contributed by atoms with E-state index in [0.29, 0.717) is 22.2 Å². The topological polar surface area (TPSA) is 41.1 Å². The van der Waals surface area contributed by atoms with Gasteiger partial charge < -0.3 is 10.6 Å². The van der Waals surface area contributed by atoms with Crippen molar-refractivity contribution in [2.45, 2.75) is 13.5 Å². The molecule has 1 amide bonds. The Morgan fingerprint density at radius 1 is 1.14 bits per heavy atom. The Morgan fingerprint density at radius 2 is 1.81 bits per heavy atom. The van der Waals surface area contributed by atoms with Crippen LogP contribution in [0.4, 0.5) is 5.69 Å². The Balaban J connectivity index is 2.16. The fraction of sp³-hybridized carbons (Fsp3) is 0.188. The number of halogens is 2. The fourth-order valence-corrected chi connectivity index (χ4v) is 2.56. The molecule has 2 aromatic carbocycles. The van der Waals surface area contributed by atoms with E-state index < -0.39 is 0 Å². The maximum Gasteiger partial charge on any atom is 0.251 e. The van der Waals surface area contributed by atoms with E-state index in [2.05, 4.69) is 10.6 Å². The van der Waals surface area contributed by atoms with E-state index >= 15 is 0 Å². The summed E-state index contributed by atoms with van der Waals surface area (Å²) in [6, 6.07) is 10.9. The summed E-state index contributed by atoms with van der Waals surface area (Å²) in [4.78, 5) is 11.6. The van der Waals surface area contributed by atoms with E-state index in [1.807, 2.05) is 37.3 Å². The maximum atomic E-state index is 11.6. The second kappa shape index (κ2) is 6.83. The molecular formula is C16H16Cl2N2O. The summed E-state index contributed by atoms with van der Waals surface area (Å²) in [5, 5.41) is 7.17. The van der Waals surface area contributed by atoms with E-state index in [1.54, 1.807) is 13.1 Å². The number of benzene rings is 2. The first kappa shape index (κ1) is 15.7. The number of amides is 1. The molecule has 0 saturated carbocycles. The molecule has 0 heterocycles. The lowest BCUT2D eigenvalue weighted by atomic mass is 10.1. The van der Waals surface area contributed by atoms with E-state index in [1.165, 1.54) is 0 Å². The van der Waals surface area contributed by atoms with Crippen molar-refractivity contribution in [3.05, 3.63) is 63.1 Å². The molecule has 0 bridgehead atoms. The molecule has 0 aliphatic rings. The van der Waals surface area contributed by atoms with Gasteiger partial charge in [0, 0.05) is 40.5 Å². The average molecular weight is 323 g/mol. The van der Waals surface area contributed by atoms with Crippen molar-refractivity contribution in [2.75, 3.05) is 12.4 Å². The van der Waals surface area contributed by atoms with Crippen molar-refractivity contribution >= 4 is 34.8 Å². The molecule has 110 valence electrons. The largest absolute Gasteiger partial charge is 0.381 e. The minimum Gasteiger partial charge on any atom is -0.381 e. The SMILES string of the molecule is CNC(=O)c1ccc(NCc2c(Cl)cccc2Cl)c(C)c1. The zero-order valence-corrected chi connectivity index (χ0v) is 13.3. The second-order valence-electron chi connectivity index (χ2n) is 4.66. The molecule has 0 saturated heterocycles. The summed E-state index contributed by atoms with van der Waals surface area (Å²) in [7, 11) is 1.61. The summed E-state index contributed by atoms with van der Waals surface area (Å²) >= 11 is 12.3. The molecule has 3 nitrogen and oxygen atoms in total. The number of nitrogens with one attached hydrogen (secondary N) is 2. The number of aryl methyl sites for hydroxylation is 1. The predicted octanol–water partition coefficient (Wildman–Crippen LogP) is 4.27. The van der Waals surface area contributed by atoms with Gasteiger partial charge in [0.2, 0.25) is 0 Å². The Morgan fingerprint density at radius 3 is 2.38 bits per heavy atom. The highest BCUT2D eigenvalue weighted by Gasteiger charge is 2.08. The molecule has 2 aromatic rings. The Hall–Kier alpha value is -1.71. The van der Waals surface area contributed by atoms with Gasteiger partial charge in [0.1, 0.15) is 0 Å². The van der Waals surface area contributed by atoms with Crippen LogP contribution >= 0.6 is 23.2 Å². The number of anilines is 1. The Labute approximate surface area is 134 Å². The van der Waals surface area contributed by atoms with Crippen LogP contribution < -0.4 is 10.6 Å². The number of hydrogen-bond acceptors (Lipinski definition) is 2. The third-order valence-corrected chi connectivity index (χ3v) is 3.94. The van der Waals surface area contributed by atoms with Gasteiger partial charge in [0.05, 0.1) is 0 Å². The third-order valence-electron chi connectivity index (χ3n) is 3.23. The lowest BCUT2D eigenvalue weighted by molar-refractivity contribution is 0.0963. The molecule has 5 heteroatoms. The smallest absolute Gasteiger partial charge is 0.251 e. The van der Waals surface area contributed by atoms with Gasteiger partial charge in [-0.1, -0.05) is 29.3 Å². The minimum atomic E-state index is -0.0983. The van der Waals surface area contributed by atoms with Gasteiger partial charge in [-0.3, -0.25) is 4.79 Å². The van der Waals surface area contributed by atoms with Crippen LogP contribution in [-0.4, -0.2) is 13.0 Å². The van der Waals surface area contributed by atoms with E-state index in [-0.39, 0.29) is 5.91 Å². The first-order valence-corrected chi connectivity index (χ1v) is 7.28. The third kappa shape index (κ3) is 3.69. The minimum absolute atomic E-state index is 0.0983. The molecule has 21 heavy (non-hydrogen) atoms. The molecule has 0 aliphatic heterocycles. The Bertz CT molecular complexity index is 651.